The van der Waals surface area contributed by atoms with Gasteiger partial charge in [0.05, 0.1) is 6.61 Å². The monoisotopic (exact) mass is 155 g/mol. The molecule has 1 saturated carbocycles. The van der Waals surface area contributed by atoms with E-state index in [1.165, 1.54) is 25.8 Å². The van der Waals surface area contributed by atoms with Gasteiger partial charge in [0.1, 0.15) is 0 Å². The SMILES string of the molecule is CNCC1CC12CCCOC2. The van der Waals surface area contributed by atoms with Crippen molar-refractivity contribution in [2.24, 2.45) is 11.3 Å². The Hall–Kier alpha value is -0.0800. The van der Waals surface area contributed by atoms with E-state index in [2.05, 4.69) is 5.32 Å². The Morgan fingerprint density at radius 1 is 1.64 bits per heavy atom. The van der Waals surface area contributed by atoms with E-state index in [9.17, 15) is 0 Å². The molecule has 0 bridgehead atoms. The van der Waals surface area contributed by atoms with Crippen LogP contribution in [0.2, 0.25) is 0 Å². The summed E-state index contributed by atoms with van der Waals surface area (Å²) >= 11 is 0. The molecule has 0 aromatic carbocycles. The van der Waals surface area contributed by atoms with Gasteiger partial charge in [-0.1, -0.05) is 0 Å². The molecule has 11 heavy (non-hydrogen) atoms. The minimum absolute atomic E-state index is 0.612. The summed E-state index contributed by atoms with van der Waals surface area (Å²) in [5, 5.41) is 3.25. The molecule has 2 unspecified atom stereocenters. The Balaban J connectivity index is 1.84. The summed E-state index contributed by atoms with van der Waals surface area (Å²) in [5.41, 5.74) is 0.612. The maximum absolute atomic E-state index is 5.50. The molecule has 1 aliphatic heterocycles. The Labute approximate surface area is 68.3 Å². The van der Waals surface area contributed by atoms with E-state index >= 15 is 0 Å². The lowest BCUT2D eigenvalue weighted by Gasteiger charge is -2.22. The molecule has 0 aromatic rings. The molecule has 0 aromatic heterocycles. The average Bonchev–Trinajstić information content (AvgIpc) is 2.66. The molecule has 2 heteroatoms. The van der Waals surface area contributed by atoms with Crippen LogP contribution in [0.3, 0.4) is 0 Å². The Bertz CT molecular complexity index is 140. The van der Waals surface area contributed by atoms with Crippen LogP contribution in [-0.2, 0) is 4.74 Å². The van der Waals surface area contributed by atoms with Gasteiger partial charge >= 0.3 is 0 Å². The highest BCUT2D eigenvalue weighted by atomic mass is 16.5. The summed E-state index contributed by atoms with van der Waals surface area (Å²) in [6.07, 6.45) is 4.08. The molecule has 64 valence electrons. The summed E-state index contributed by atoms with van der Waals surface area (Å²) in [4.78, 5) is 0. The quantitative estimate of drug-likeness (QED) is 0.643. The first kappa shape index (κ1) is 7.56. The largest absolute Gasteiger partial charge is 0.381 e. The van der Waals surface area contributed by atoms with Gasteiger partial charge in [-0.2, -0.15) is 0 Å². The molecule has 2 rings (SSSR count). The van der Waals surface area contributed by atoms with E-state index in [-0.39, 0.29) is 0 Å². The number of hydrogen-bond donors (Lipinski definition) is 1. The lowest BCUT2D eigenvalue weighted by molar-refractivity contribution is 0.0364. The molecular weight excluding hydrogens is 138 g/mol. The zero-order chi connectivity index (χ0) is 7.73. The predicted octanol–water partition coefficient (Wildman–Crippen LogP) is 1.02. The van der Waals surface area contributed by atoms with Crippen molar-refractivity contribution in [2.45, 2.75) is 19.3 Å². The van der Waals surface area contributed by atoms with E-state index in [4.69, 9.17) is 4.74 Å². The summed E-state index contributed by atoms with van der Waals surface area (Å²) in [6.45, 7) is 3.21. The van der Waals surface area contributed by atoms with Crippen molar-refractivity contribution in [1.29, 1.82) is 0 Å². The van der Waals surface area contributed by atoms with Gasteiger partial charge in [-0.15, -0.1) is 0 Å². The first-order valence-corrected chi connectivity index (χ1v) is 4.60. The van der Waals surface area contributed by atoms with Crippen LogP contribution in [0.4, 0.5) is 0 Å². The van der Waals surface area contributed by atoms with Crippen molar-refractivity contribution in [2.75, 3.05) is 26.8 Å². The van der Waals surface area contributed by atoms with Crippen molar-refractivity contribution in [3.63, 3.8) is 0 Å². The lowest BCUT2D eigenvalue weighted by Crippen LogP contribution is -2.23. The van der Waals surface area contributed by atoms with Gasteiger partial charge < -0.3 is 10.1 Å². The fourth-order valence-electron chi connectivity index (χ4n) is 2.32. The Morgan fingerprint density at radius 3 is 3.18 bits per heavy atom. The van der Waals surface area contributed by atoms with Crippen LogP contribution in [0, 0.1) is 11.3 Å². The van der Waals surface area contributed by atoms with Crippen LogP contribution in [0.5, 0.6) is 0 Å². The molecule has 2 nitrogen and oxygen atoms in total. The molecule has 0 amide bonds. The molecule has 0 radical (unpaired) electrons. The maximum Gasteiger partial charge on any atom is 0.0525 e. The minimum atomic E-state index is 0.612. The Kier molecular flexibility index (Phi) is 1.90. The van der Waals surface area contributed by atoms with Crippen molar-refractivity contribution in [3.05, 3.63) is 0 Å². The molecular formula is C9H17NO. The first-order valence-electron chi connectivity index (χ1n) is 4.60. The van der Waals surface area contributed by atoms with Crippen LogP contribution in [0.15, 0.2) is 0 Å². The third-order valence-electron chi connectivity index (χ3n) is 3.16. The standard InChI is InChI=1S/C9H17NO/c1-10-6-8-5-9(8)3-2-4-11-7-9/h8,10H,2-7H2,1H3. The maximum atomic E-state index is 5.50. The van der Waals surface area contributed by atoms with Gasteiger partial charge in [0.15, 0.2) is 0 Å². The van der Waals surface area contributed by atoms with Gasteiger partial charge in [-0.05, 0) is 44.2 Å². The summed E-state index contributed by atoms with van der Waals surface area (Å²) in [7, 11) is 2.04. The van der Waals surface area contributed by atoms with E-state index in [1.807, 2.05) is 7.05 Å². The van der Waals surface area contributed by atoms with Crippen LogP contribution in [-0.4, -0.2) is 26.8 Å². The smallest absolute Gasteiger partial charge is 0.0525 e. The van der Waals surface area contributed by atoms with Gasteiger partial charge in [0.25, 0.3) is 0 Å². The summed E-state index contributed by atoms with van der Waals surface area (Å²) in [6, 6.07) is 0. The van der Waals surface area contributed by atoms with Crippen LogP contribution in [0.25, 0.3) is 0 Å². The Morgan fingerprint density at radius 2 is 2.55 bits per heavy atom. The van der Waals surface area contributed by atoms with Gasteiger partial charge in [-0.25, -0.2) is 0 Å². The third kappa shape index (κ3) is 1.30. The highest BCUT2D eigenvalue weighted by Gasteiger charge is 2.53. The molecule has 2 fully saturated rings. The van der Waals surface area contributed by atoms with Crippen molar-refractivity contribution in [3.8, 4) is 0 Å². The van der Waals surface area contributed by atoms with Crippen molar-refractivity contribution >= 4 is 0 Å². The summed E-state index contributed by atoms with van der Waals surface area (Å²) < 4.78 is 5.50. The lowest BCUT2D eigenvalue weighted by atomic mass is 9.96. The number of rotatable bonds is 2. The minimum Gasteiger partial charge on any atom is -0.381 e. The predicted molar refractivity (Wildman–Crippen MR) is 44.5 cm³/mol. The second-order valence-corrected chi connectivity index (χ2v) is 3.98. The zero-order valence-corrected chi connectivity index (χ0v) is 7.23. The van der Waals surface area contributed by atoms with E-state index in [0.717, 1.165) is 19.1 Å². The van der Waals surface area contributed by atoms with Crippen molar-refractivity contribution in [1.82, 2.24) is 5.32 Å². The fraction of sp³-hybridized carbons (Fsp3) is 1.00. The highest BCUT2D eigenvalue weighted by Crippen LogP contribution is 2.56. The van der Waals surface area contributed by atoms with E-state index in [0.29, 0.717) is 5.41 Å². The number of ether oxygens (including phenoxy) is 1. The second-order valence-electron chi connectivity index (χ2n) is 3.98. The van der Waals surface area contributed by atoms with E-state index < -0.39 is 0 Å². The van der Waals surface area contributed by atoms with E-state index in [1.54, 1.807) is 0 Å². The van der Waals surface area contributed by atoms with Crippen LogP contribution < -0.4 is 5.32 Å². The number of hydrogen-bond acceptors (Lipinski definition) is 2. The first-order chi connectivity index (χ1) is 5.37. The molecule has 2 atom stereocenters. The van der Waals surface area contributed by atoms with Crippen LogP contribution in [0.1, 0.15) is 19.3 Å². The number of nitrogens with one attached hydrogen (secondary N) is 1. The molecule has 1 heterocycles. The summed E-state index contributed by atoms with van der Waals surface area (Å²) in [5.74, 6) is 0.910. The topological polar surface area (TPSA) is 21.3 Å². The molecule has 1 N–H and O–H groups in total. The van der Waals surface area contributed by atoms with Crippen LogP contribution >= 0.6 is 0 Å². The van der Waals surface area contributed by atoms with Crippen molar-refractivity contribution < 1.29 is 4.74 Å². The van der Waals surface area contributed by atoms with Gasteiger partial charge in [0, 0.05) is 6.61 Å². The fourth-order valence-corrected chi connectivity index (χ4v) is 2.32. The zero-order valence-electron chi connectivity index (χ0n) is 7.23. The van der Waals surface area contributed by atoms with Gasteiger partial charge in [-0.3, -0.25) is 0 Å². The second kappa shape index (κ2) is 2.76. The highest BCUT2D eigenvalue weighted by molar-refractivity contribution is 5.03. The third-order valence-corrected chi connectivity index (χ3v) is 3.16. The normalized spacial score (nSPS) is 42.8. The average molecular weight is 155 g/mol. The molecule has 1 saturated heterocycles. The van der Waals surface area contributed by atoms with Gasteiger partial charge in [0.2, 0.25) is 0 Å². The molecule has 2 aliphatic rings. The molecule has 1 spiro atoms. The molecule has 1 aliphatic carbocycles.